The van der Waals surface area contributed by atoms with Crippen molar-refractivity contribution in [2.24, 2.45) is 0 Å². The Hall–Kier alpha value is 1.74. The number of hydrogen-bond acceptors (Lipinski definition) is 3. The molecule has 0 rings (SSSR count). The minimum Gasteiger partial charge on any atom is -0.787 e. The van der Waals surface area contributed by atoms with Crippen LogP contribution < -0.4 is 34.5 Å². The summed E-state index contributed by atoms with van der Waals surface area (Å²) in [4.78, 5) is 11.2. The van der Waals surface area contributed by atoms with Crippen LogP contribution in [0.1, 0.15) is 0 Å². The van der Waals surface area contributed by atoms with Crippen LogP contribution in [0.2, 0.25) is 39.3 Å². The molecule has 0 bridgehead atoms. The summed E-state index contributed by atoms with van der Waals surface area (Å²) in [5, 5.41) is 0. The summed E-state index contributed by atoms with van der Waals surface area (Å²) in [6, 6.07) is 0. The van der Waals surface area contributed by atoms with Gasteiger partial charge < -0.3 is 13.3 Å². The van der Waals surface area contributed by atoms with E-state index in [2.05, 4.69) is 0 Å². The second-order valence-electron chi connectivity index (χ2n) is 4.63. The Balaban J connectivity index is 0. The van der Waals surface area contributed by atoms with Crippen LogP contribution in [-0.2, 0) is 8.43 Å². The average molecular weight is 248 g/mol. The molecule has 7 heteroatoms. The standard InChI is InChI=1S/C6H18O3PSi2.Na/c1-11(2,3)8-10(7)9-12(4,5)6;/h1-6H3;/q-1;+1. The molecule has 0 amide bonds. The molecule has 0 saturated heterocycles. The Labute approximate surface area is 107 Å². The second-order valence-corrected chi connectivity index (χ2v) is 15.0. The average Bonchev–Trinajstić information content (AvgIpc) is 1.49. The summed E-state index contributed by atoms with van der Waals surface area (Å²) in [6.45, 7) is 12.0. The topological polar surface area (TPSA) is 41.5 Å². The van der Waals surface area contributed by atoms with Crippen molar-refractivity contribution in [1.29, 1.82) is 0 Å². The Bertz CT molecular complexity index is 130. The van der Waals surface area contributed by atoms with Crippen LogP contribution in [0.5, 0.6) is 0 Å². The molecular formula is C6H18NaO3PSi2. The van der Waals surface area contributed by atoms with Gasteiger partial charge in [-0.3, -0.25) is 0 Å². The van der Waals surface area contributed by atoms with Crippen molar-refractivity contribution < 1.29 is 42.9 Å². The summed E-state index contributed by atoms with van der Waals surface area (Å²) >= 11 is 0. The second kappa shape index (κ2) is 6.35. The zero-order chi connectivity index (χ0) is 9.99. The minimum absolute atomic E-state index is 0. The molecule has 3 nitrogen and oxygen atoms in total. The molecule has 0 heterocycles. The van der Waals surface area contributed by atoms with Gasteiger partial charge in [0.15, 0.2) is 16.6 Å². The van der Waals surface area contributed by atoms with Crippen molar-refractivity contribution in [3.63, 3.8) is 0 Å². The van der Waals surface area contributed by atoms with E-state index in [1.807, 2.05) is 39.3 Å². The van der Waals surface area contributed by atoms with Crippen molar-refractivity contribution in [3.05, 3.63) is 0 Å². The van der Waals surface area contributed by atoms with Crippen molar-refractivity contribution in [3.8, 4) is 0 Å². The Morgan fingerprint density at radius 3 is 1.23 bits per heavy atom. The smallest absolute Gasteiger partial charge is 0.787 e. The summed E-state index contributed by atoms with van der Waals surface area (Å²) in [5.74, 6) is 0. The van der Waals surface area contributed by atoms with Gasteiger partial charge in [0.2, 0.25) is 0 Å². The normalized spacial score (nSPS) is 12.9. The maximum Gasteiger partial charge on any atom is 1.00 e. The molecule has 74 valence electrons. The summed E-state index contributed by atoms with van der Waals surface area (Å²) in [6.07, 6.45) is 0. The SMILES string of the molecule is C[Si](C)(C)OP([O-])O[Si](C)(C)C.[Na+]. The van der Waals surface area contributed by atoms with Crippen LogP contribution in [0.4, 0.5) is 0 Å². The third-order valence-corrected chi connectivity index (χ3v) is 6.27. The van der Waals surface area contributed by atoms with Gasteiger partial charge in [0, 0.05) is 0 Å². The first-order valence-corrected chi connectivity index (χ1v) is 11.9. The molecule has 0 spiro atoms. The van der Waals surface area contributed by atoms with Crippen LogP contribution in [0, 0.1) is 0 Å². The van der Waals surface area contributed by atoms with E-state index in [0.717, 1.165) is 0 Å². The van der Waals surface area contributed by atoms with Gasteiger partial charge in [0.25, 0.3) is 0 Å². The van der Waals surface area contributed by atoms with Crippen molar-refractivity contribution in [2.75, 3.05) is 0 Å². The predicted octanol–water partition coefficient (Wildman–Crippen LogP) is -0.719. The van der Waals surface area contributed by atoms with Gasteiger partial charge in [-0.15, -0.1) is 0 Å². The number of rotatable bonds is 4. The summed E-state index contributed by atoms with van der Waals surface area (Å²) in [5.41, 5.74) is 0. The maximum atomic E-state index is 11.2. The van der Waals surface area contributed by atoms with Crippen LogP contribution in [0.3, 0.4) is 0 Å². The predicted molar refractivity (Wildman–Crippen MR) is 55.8 cm³/mol. The van der Waals surface area contributed by atoms with E-state index in [1.165, 1.54) is 0 Å². The van der Waals surface area contributed by atoms with Crippen LogP contribution in [-0.4, -0.2) is 16.6 Å². The summed E-state index contributed by atoms with van der Waals surface area (Å²) < 4.78 is 10.5. The Kier molecular flexibility index (Phi) is 8.38. The van der Waals surface area contributed by atoms with E-state index < -0.39 is 25.2 Å². The molecular weight excluding hydrogens is 230 g/mol. The largest absolute Gasteiger partial charge is 1.00 e. The van der Waals surface area contributed by atoms with Crippen molar-refractivity contribution in [2.45, 2.75) is 39.3 Å². The molecule has 0 N–H and O–H groups in total. The monoisotopic (exact) mass is 248 g/mol. The fourth-order valence-corrected chi connectivity index (χ4v) is 4.53. The van der Waals surface area contributed by atoms with Gasteiger partial charge in [-0.1, -0.05) is 0 Å². The van der Waals surface area contributed by atoms with E-state index in [9.17, 15) is 4.89 Å². The zero-order valence-electron chi connectivity index (χ0n) is 9.67. The molecule has 13 heavy (non-hydrogen) atoms. The van der Waals surface area contributed by atoms with E-state index in [-0.39, 0.29) is 29.6 Å². The fraction of sp³-hybridized carbons (Fsp3) is 1.00. The van der Waals surface area contributed by atoms with Crippen LogP contribution in [0.15, 0.2) is 0 Å². The first kappa shape index (κ1) is 17.1. The van der Waals surface area contributed by atoms with E-state index in [1.54, 1.807) is 0 Å². The van der Waals surface area contributed by atoms with Gasteiger partial charge in [0.05, 0.1) is 8.60 Å². The molecule has 0 fully saturated rings. The first-order chi connectivity index (χ1) is 5.10. The number of hydrogen-bond donors (Lipinski definition) is 0. The molecule has 0 saturated carbocycles. The van der Waals surface area contributed by atoms with E-state index >= 15 is 0 Å². The Morgan fingerprint density at radius 2 is 1.08 bits per heavy atom. The van der Waals surface area contributed by atoms with Crippen LogP contribution >= 0.6 is 8.60 Å². The Morgan fingerprint density at radius 1 is 0.846 bits per heavy atom. The molecule has 0 aromatic heterocycles. The van der Waals surface area contributed by atoms with Crippen molar-refractivity contribution in [1.82, 2.24) is 0 Å². The van der Waals surface area contributed by atoms with Gasteiger partial charge in [-0.2, -0.15) is 0 Å². The molecule has 0 aromatic carbocycles. The van der Waals surface area contributed by atoms with Gasteiger partial charge in [0.1, 0.15) is 0 Å². The molecule has 0 aliphatic carbocycles. The summed E-state index contributed by atoms with van der Waals surface area (Å²) in [7, 11) is -5.30. The van der Waals surface area contributed by atoms with Crippen LogP contribution in [0.25, 0.3) is 0 Å². The molecule has 0 aliphatic heterocycles. The zero-order valence-corrected chi connectivity index (χ0v) is 14.6. The van der Waals surface area contributed by atoms with Crippen molar-refractivity contribution >= 4 is 25.2 Å². The quantitative estimate of drug-likeness (QED) is 0.487. The van der Waals surface area contributed by atoms with E-state index in [0.29, 0.717) is 0 Å². The fourth-order valence-electron chi connectivity index (χ4n) is 0.466. The molecule has 0 unspecified atom stereocenters. The van der Waals surface area contributed by atoms with Gasteiger partial charge in [-0.25, -0.2) is 0 Å². The molecule has 0 atom stereocenters. The molecule has 0 aliphatic rings. The van der Waals surface area contributed by atoms with Gasteiger partial charge >= 0.3 is 29.6 Å². The third-order valence-electron chi connectivity index (χ3n) is 0.697. The molecule has 0 aromatic rings. The first-order valence-electron chi connectivity index (χ1n) is 3.96. The third kappa shape index (κ3) is 13.7. The van der Waals surface area contributed by atoms with E-state index in [4.69, 9.17) is 8.43 Å². The molecule has 0 radical (unpaired) electrons. The van der Waals surface area contributed by atoms with Gasteiger partial charge in [-0.05, 0) is 39.3 Å². The maximum absolute atomic E-state index is 11.2. The minimum atomic E-state index is -1.88.